The average molecular weight is 223 g/mol. The molecule has 16 heavy (non-hydrogen) atoms. The van der Waals surface area contributed by atoms with E-state index < -0.39 is 0 Å². The van der Waals surface area contributed by atoms with E-state index in [1.54, 1.807) is 0 Å². The number of hydrogen-bond acceptors (Lipinski definition) is 2. The molecule has 0 aromatic heterocycles. The van der Waals surface area contributed by atoms with E-state index >= 15 is 0 Å². The number of amides is 1. The molecule has 1 saturated carbocycles. The summed E-state index contributed by atoms with van der Waals surface area (Å²) in [6.45, 7) is 3.89. The Kier molecular flexibility index (Phi) is 2.29. The average Bonchev–Trinajstić information content (AvgIpc) is 3.08. The topological polar surface area (TPSA) is 38.3 Å². The number of nitrogens with one attached hydrogen (secondary N) is 1. The van der Waals surface area contributed by atoms with Crippen LogP contribution in [0.25, 0.3) is 0 Å². The Morgan fingerprint density at radius 3 is 2.62 bits per heavy atom. The van der Waals surface area contributed by atoms with E-state index in [2.05, 4.69) is 12.2 Å². The lowest BCUT2D eigenvalue weighted by Gasteiger charge is -2.47. The van der Waals surface area contributed by atoms with Crippen LogP contribution in [0.2, 0.25) is 0 Å². The van der Waals surface area contributed by atoms with Gasteiger partial charge in [0.2, 0.25) is 5.91 Å². The molecule has 90 valence electrons. The molecule has 1 unspecified atom stereocenters. The molecule has 3 fully saturated rings. The fourth-order valence-electron chi connectivity index (χ4n) is 4.16. The number of rotatable bonds is 2. The summed E-state index contributed by atoms with van der Waals surface area (Å²) in [4.78, 5) is 11.9. The Morgan fingerprint density at radius 1 is 1.38 bits per heavy atom. The van der Waals surface area contributed by atoms with Gasteiger partial charge in [-0.2, -0.15) is 0 Å². The van der Waals surface area contributed by atoms with Crippen LogP contribution < -0.4 is 5.32 Å². The van der Waals surface area contributed by atoms with Crippen LogP contribution in [0, 0.1) is 11.3 Å². The summed E-state index contributed by atoms with van der Waals surface area (Å²) in [5.41, 5.74) is 0.312. The van der Waals surface area contributed by atoms with Gasteiger partial charge in [-0.15, -0.1) is 0 Å². The van der Waals surface area contributed by atoms with Crippen LogP contribution in [-0.4, -0.2) is 24.7 Å². The zero-order valence-electron chi connectivity index (χ0n) is 10.1. The fourth-order valence-corrected chi connectivity index (χ4v) is 4.16. The van der Waals surface area contributed by atoms with Crippen LogP contribution in [-0.2, 0) is 9.53 Å². The maximum atomic E-state index is 11.9. The second kappa shape index (κ2) is 3.46. The zero-order valence-corrected chi connectivity index (χ0v) is 10.1. The van der Waals surface area contributed by atoms with E-state index in [-0.39, 0.29) is 16.9 Å². The van der Waals surface area contributed by atoms with Crippen molar-refractivity contribution in [2.75, 3.05) is 13.2 Å². The molecule has 1 spiro atoms. The van der Waals surface area contributed by atoms with Crippen LogP contribution in [0.15, 0.2) is 0 Å². The first-order chi connectivity index (χ1) is 7.72. The summed E-state index contributed by atoms with van der Waals surface area (Å²) in [6, 6.07) is 0. The molecule has 3 aliphatic rings. The van der Waals surface area contributed by atoms with Crippen molar-refractivity contribution in [2.45, 2.75) is 51.0 Å². The first-order valence-corrected chi connectivity index (χ1v) is 6.61. The summed E-state index contributed by atoms with van der Waals surface area (Å²) in [5, 5.41) is 3.31. The summed E-state index contributed by atoms with van der Waals surface area (Å²) < 4.78 is 5.48. The Bertz CT molecular complexity index is 305. The largest absolute Gasteiger partial charge is 0.381 e. The lowest BCUT2D eigenvalue weighted by molar-refractivity contribution is -0.120. The van der Waals surface area contributed by atoms with Gasteiger partial charge in [-0.25, -0.2) is 0 Å². The molecule has 2 heterocycles. The van der Waals surface area contributed by atoms with Crippen molar-refractivity contribution >= 4 is 5.91 Å². The molecule has 1 N–H and O–H groups in total. The summed E-state index contributed by atoms with van der Waals surface area (Å²) in [5.74, 6) is 1.06. The molecule has 0 aromatic rings. The molecular formula is C13H21NO2. The van der Waals surface area contributed by atoms with Gasteiger partial charge in [0.15, 0.2) is 0 Å². The monoisotopic (exact) mass is 223 g/mol. The van der Waals surface area contributed by atoms with Crippen molar-refractivity contribution in [3.63, 3.8) is 0 Å². The van der Waals surface area contributed by atoms with E-state index in [1.807, 2.05) is 0 Å². The normalized spacial score (nSPS) is 37.7. The molecule has 0 aromatic carbocycles. The van der Waals surface area contributed by atoms with E-state index in [4.69, 9.17) is 4.74 Å². The van der Waals surface area contributed by atoms with Crippen LogP contribution >= 0.6 is 0 Å². The minimum atomic E-state index is 0.0677. The first kappa shape index (κ1) is 10.6. The lowest BCUT2D eigenvalue weighted by atomic mass is 9.62. The molecule has 0 radical (unpaired) electrons. The second-order valence-corrected chi connectivity index (χ2v) is 5.70. The number of hydrogen-bond donors (Lipinski definition) is 1. The lowest BCUT2D eigenvalue weighted by Crippen LogP contribution is -2.56. The van der Waals surface area contributed by atoms with Crippen LogP contribution in [0.5, 0.6) is 0 Å². The molecule has 0 bridgehead atoms. The van der Waals surface area contributed by atoms with Gasteiger partial charge in [0.25, 0.3) is 0 Å². The van der Waals surface area contributed by atoms with Gasteiger partial charge < -0.3 is 10.1 Å². The Labute approximate surface area is 96.9 Å². The highest BCUT2D eigenvalue weighted by Crippen LogP contribution is 2.60. The van der Waals surface area contributed by atoms with E-state index in [1.165, 1.54) is 12.8 Å². The van der Waals surface area contributed by atoms with E-state index in [0.717, 1.165) is 44.8 Å². The molecule has 3 rings (SSSR count). The van der Waals surface area contributed by atoms with Gasteiger partial charge in [-0.3, -0.25) is 4.79 Å². The third-order valence-corrected chi connectivity index (χ3v) is 5.14. The standard InChI is InChI=1S/C13H21NO2/c1-2-12(10-3-4-10)9-11(15)14-13(12)5-7-16-8-6-13/h10H,2-9H2,1H3,(H,14,15). The highest BCUT2D eigenvalue weighted by Gasteiger charge is 2.62. The van der Waals surface area contributed by atoms with Gasteiger partial charge in [-0.05, 0) is 38.0 Å². The molecule has 1 atom stereocenters. The number of carbonyl (C=O) groups excluding carboxylic acids is 1. The smallest absolute Gasteiger partial charge is 0.221 e. The second-order valence-electron chi connectivity index (χ2n) is 5.70. The minimum Gasteiger partial charge on any atom is -0.381 e. The molecule has 2 saturated heterocycles. The fraction of sp³-hybridized carbons (Fsp3) is 0.923. The third kappa shape index (κ3) is 1.27. The number of carbonyl (C=O) groups is 1. The molecule has 3 heteroatoms. The van der Waals surface area contributed by atoms with Gasteiger partial charge in [0.05, 0.1) is 5.54 Å². The highest BCUT2D eigenvalue weighted by atomic mass is 16.5. The van der Waals surface area contributed by atoms with Gasteiger partial charge in [-0.1, -0.05) is 6.92 Å². The molecule has 1 aliphatic carbocycles. The Morgan fingerprint density at radius 2 is 2.06 bits per heavy atom. The summed E-state index contributed by atoms with van der Waals surface area (Å²) in [6.07, 6.45) is 6.58. The molecule has 3 nitrogen and oxygen atoms in total. The predicted octanol–water partition coefficient (Wildman–Crippen LogP) is 1.86. The van der Waals surface area contributed by atoms with Crippen LogP contribution in [0.4, 0.5) is 0 Å². The highest BCUT2D eigenvalue weighted by molar-refractivity contribution is 5.81. The molecule has 2 aliphatic heterocycles. The quantitative estimate of drug-likeness (QED) is 0.776. The van der Waals surface area contributed by atoms with E-state index in [9.17, 15) is 4.79 Å². The summed E-state index contributed by atoms with van der Waals surface area (Å²) >= 11 is 0. The maximum absolute atomic E-state index is 11.9. The SMILES string of the molecule is CCC1(C2CC2)CC(=O)NC12CCOCC2. The van der Waals surface area contributed by atoms with Gasteiger partial charge >= 0.3 is 0 Å². The van der Waals surface area contributed by atoms with E-state index in [0.29, 0.717) is 0 Å². The van der Waals surface area contributed by atoms with Crippen molar-refractivity contribution in [3.8, 4) is 0 Å². The third-order valence-electron chi connectivity index (χ3n) is 5.14. The van der Waals surface area contributed by atoms with Crippen LogP contribution in [0.3, 0.4) is 0 Å². The molecular weight excluding hydrogens is 202 g/mol. The number of ether oxygens (including phenoxy) is 1. The van der Waals surface area contributed by atoms with Crippen molar-refractivity contribution < 1.29 is 9.53 Å². The predicted molar refractivity (Wildman–Crippen MR) is 61.0 cm³/mol. The minimum absolute atomic E-state index is 0.0677. The Balaban J connectivity index is 1.96. The van der Waals surface area contributed by atoms with Crippen molar-refractivity contribution in [1.29, 1.82) is 0 Å². The maximum Gasteiger partial charge on any atom is 0.221 e. The van der Waals surface area contributed by atoms with Crippen LogP contribution in [0.1, 0.15) is 45.4 Å². The first-order valence-electron chi connectivity index (χ1n) is 6.61. The van der Waals surface area contributed by atoms with Gasteiger partial charge in [0.1, 0.15) is 0 Å². The van der Waals surface area contributed by atoms with Crippen molar-refractivity contribution in [2.24, 2.45) is 11.3 Å². The summed E-state index contributed by atoms with van der Waals surface area (Å²) in [7, 11) is 0. The van der Waals surface area contributed by atoms with Crippen molar-refractivity contribution in [3.05, 3.63) is 0 Å². The van der Waals surface area contributed by atoms with Crippen molar-refractivity contribution in [1.82, 2.24) is 5.32 Å². The molecule has 1 amide bonds. The Hall–Kier alpha value is -0.570. The zero-order chi connectivity index (χ0) is 11.2. The van der Waals surface area contributed by atoms with Gasteiger partial charge in [0, 0.05) is 25.0 Å².